The first-order valence-corrected chi connectivity index (χ1v) is 8.60. The molecule has 0 fully saturated rings. The molecule has 4 aromatic rings. The number of aromatic nitrogens is 2. The quantitative estimate of drug-likeness (QED) is 0.584. The van der Waals surface area contributed by atoms with Crippen molar-refractivity contribution in [2.24, 2.45) is 5.73 Å². The predicted octanol–water partition coefficient (Wildman–Crippen LogP) is 4.52. The molecule has 4 nitrogen and oxygen atoms in total. The molecular weight excluding hydrogens is 341 g/mol. The average molecular weight is 359 g/mol. The van der Waals surface area contributed by atoms with E-state index in [2.05, 4.69) is 5.10 Å². The maximum Gasteiger partial charge on any atom is 0.248 e. The summed E-state index contributed by atoms with van der Waals surface area (Å²) in [5.74, 6) is -0.706. The summed E-state index contributed by atoms with van der Waals surface area (Å²) < 4.78 is 14.9. The van der Waals surface area contributed by atoms with Gasteiger partial charge >= 0.3 is 0 Å². The van der Waals surface area contributed by atoms with Gasteiger partial charge in [0.2, 0.25) is 5.91 Å². The van der Waals surface area contributed by atoms with Gasteiger partial charge < -0.3 is 5.73 Å². The highest BCUT2D eigenvalue weighted by Crippen LogP contribution is 2.31. The molecule has 5 heteroatoms. The maximum absolute atomic E-state index is 13.2. The summed E-state index contributed by atoms with van der Waals surface area (Å²) in [5.41, 5.74) is 12.5. The number of carbonyl (C=O) groups is 1. The number of rotatable bonds is 3. The Kier molecular flexibility index (Phi) is 4.00. The zero-order valence-electron chi connectivity index (χ0n) is 15.0. The van der Waals surface area contributed by atoms with Crippen LogP contribution in [-0.2, 0) is 0 Å². The van der Waals surface area contributed by atoms with Gasteiger partial charge in [-0.05, 0) is 84.6 Å². The molecule has 0 spiro atoms. The summed E-state index contributed by atoms with van der Waals surface area (Å²) in [6, 6.07) is 15.9. The van der Waals surface area contributed by atoms with Crippen molar-refractivity contribution >= 4 is 11.4 Å². The number of fused-ring (bicyclic) bond motifs is 1. The van der Waals surface area contributed by atoms with Crippen LogP contribution in [0, 0.1) is 19.7 Å². The average Bonchev–Trinajstić information content (AvgIpc) is 3.05. The van der Waals surface area contributed by atoms with E-state index in [-0.39, 0.29) is 5.82 Å². The lowest BCUT2D eigenvalue weighted by Gasteiger charge is -2.13. The third-order valence-corrected chi connectivity index (χ3v) is 4.83. The summed E-state index contributed by atoms with van der Waals surface area (Å²) >= 11 is 0. The highest BCUT2D eigenvalue weighted by Gasteiger charge is 2.14. The molecule has 0 aliphatic carbocycles. The van der Waals surface area contributed by atoms with E-state index in [0.29, 0.717) is 5.56 Å². The highest BCUT2D eigenvalue weighted by atomic mass is 19.1. The van der Waals surface area contributed by atoms with Gasteiger partial charge in [-0.2, -0.15) is 5.10 Å². The maximum atomic E-state index is 13.2. The lowest BCUT2D eigenvalue weighted by molar-refractivity contribution is 0.1000. The predicted molar refractivity (Wildman–Crippen MR) is 104 cm³/mol. The molecule has 2 aromatic carbocycles. The summed E-state index contributed by atoms with van der Waals surface area (Å²) in [6.07, 6.45) is 1.88. The SMILES string of the molecule is Cc1ccc(C(N)=O)c(C)c1-c1ccn2nc(-c3ccc(F)cc3)cc2c1. The van der Waals surface area contributed by atoms with Crippen LogP contribution in [0.1, 0.15) is 21.5 Å². The first kappa shape index (κ1) is 17.0. The lowest BCUT2D eigenvalue weighted by atomic mass is 9.92. The van der Waals surface area contributed by atoms with E-state index in [0.717, 1.165) is 39.0 Å². The first-order chi connectivity index (χ1) is 12.9. The van der Waals surface area contributed by atoms with Crippen LogP contribution in [0.5, 0.6) is 0 Å². The number of nitrogens with two attached hydrogens (primary N) is 1. The normalized spacial score (nSPS) is 11.1. The Morgan fingerprint density at radius 1 is 1.00 bits per heavy atom. The number of primary amides is 1. The number of hydrogen-bond donors (Lipinski definition) is 1. The van der Waals surface area contributed by atoms with Crippen LogP contribution in [0.3, 0.4) is 0 Å². The number of amides is 1. The van der Waals surface area contributed by atoms with Crippen molar-refractivity contribution < 1.29 is 9.18 Å². The summed E-state index contributed by atoms with van der Waals surface area (Å²) in [4.78, 5) is 11.7. The van der Waals surface area contributed by atoms with E-state index >= 15 is 0 Å². The number of halogens is 1. The van der Waals surface area contributed by atoms with Gasteiger partial charge in [0.1, 0.15) is 5.82 Å². The fraction of sp³-hybridized carbons (Fsp3) is 0.0909. The molecule has 4 rings (SSSR count). The topological polar surface area (TPSA) is 60.4 Å². The first-order valence-electron chi connectivity index (χ1n) is 8.60. The number of pyridine rings is 1. The van der Waals surface area contributed by atoms with Gasteiger partial charge in [0.05, 0.1) is 11.2 Å². The van der Waals surface area contributed by atoms with Crippen LogP contribution >= 0.6 is 0 Å². The fourth-order valence-corrected chi connectivity index (χ4v) is 3.47. The number of hydrogen-bond acceptors (Lipinski definition) is 2. The molecule has 2 heterocycles. The Labute approximate surface area is 156 Å². The van der Waals surface area contributed by atoms with Crippen molar-refractivity contribution in [1.82, 2.24) is 9.61 Å². The van der Waals surface area contributed by atoms with Crippen molar-refractivity contribution in [2.75, 3.05) is 0 Å². The zero-order chi connectivity index (χ0) is 19.1. The standard InChI is InChI=1S/C22H18FN3O/c1-13-3-8-19(22(24)27)14(2)21(13)16-9-10-26-18(11-16)12-20(25-26)15-4-6-17(23)7-5-15/h3-12H,1-2H3,(H2,24,27). The van der Waals surface area contributed by atoms with Crippen LogP contribution in [0.2, 0.25) is 0 Å². The minimum atomic E-state index is -0.433. The van der Waals surface area contributed by atoms with E-state index in [9.17, 15) is 9.18 Å². The zero-order valence-corrected chi connectivity index (χ0v) is 15.0. The van der Waals surface area contributed by atoms with E-state index in [1.807, 2.05) is 44.3 Å². The van der Waals surface area contributed by atoms with Gasteiger partial charge in [-0.15, -0.1) is 0 Å². The van der Waals surface area contributed by atoms with Crippen LogP contribution in [0.25, 0.3) is 27.9 Å². The Balaban J connectivity index is 1.84. The van der Waals surface area contributed by atoms with Gasteiger partial charge in [0.15, 0.2) is 0 Å². The molecule has 0 atom stereocenters. The molecule has 27 heavy (non-hydrogen) atoms. The molecule has 1 amide bonds. The minimum absolute atomic E-state index is 0.273. The van der Waals surface area contributed by atoms with E-state index in [4.69, 9.17) is 5.73 Å². The van der Waals surface area contributed by atoms with E-state index in [1.54, 1.807) is 22.7 Å². The summed E-state index contributed by atoms with van der Waals surface area (Å²) in [7, 11) is 0. The third-order valence-electron chi connectivity index (χ3n) is 4.83. The fourth-order valence-electron chi connectivity index (χ4n) is 3.47. The van der Waals surface area contributed by atoms with Crippen LogP contribution < -0.4 is 5.73 Å². The Hall–Kier alpha value is -3.47. The second-order valence-electron chi connectivity index (χ2n) is 6.62. The minimum Gasteiger partial charge on any atom is -0.366 e. The van der Waals surface area contributed by atoms with E-state index in [1.165, 1.54) is 12.1 Å². The number of carbonyl (C=O) groups excluding carboxylic acids is 1. The van der Waals surface area contributed by atoms with Crippen molar-refractivity contribution in [2.45, 2.75) is 13.8 Å². The molecule has 0 radical (unpaired) electrons. The monoisotopic (exact) mass is 359 g/mol. The molecule has 0 bridgehead atoms. The summed E-state index contributed by atoms with van der Waals surface area (Å²) in [6.45, 7) is 3.92. The molecule has 0 saturated heterocycles. The molecule has 0 aliphatic rings. The molecule has 134 valence electrons. The van der Waals surface area contributed by atoms with Gasteiger partial charge in [0.25, 0.3) is 0 Å². The van der Waals surface area contributed by atoms with Crippen molar-refractivity contribution in [1.29, 1.82) is 0 Å². The van der Waals surface area contributed by atoms with Gasteiger partial charge in [-0.25, -0.2) is 8.91 Å². The van der Waals surface area contributed by atoms with Crippen LogP contribution in [-0.4, -0.2) is 15.5 Å². The third kappa shape index (κ3) is 2.97. The smallest absolute Gasteiger partial charge is 0.248 e. The van der Waals surface area contributed by atoms with Crippen molar-refractivity contribution in [3.63, 3.8) is 0 Å². The lowest BCUT2D eigenvalue weighted by Crippen LogP contribution is -2.13. The van der Waals surface area contributed by atoms with Gasteiger partial charge in [0, 0.05) is 17.3 Å². The second-order valence-corrected chi connectivity index (χ2v) is 6.62. The second kappa shape index (κ2) is 6.36. The Bertz CT molecular complexity index is 1180. The molecular formula is C22H18FN3O. The Morgan fingerprint density at radius 3 is 2.44 bits per heavy atom. The van der Waals surface area contributed by atoms with Gasteiger partial charge in [-0.1, -0.05) is 6.07 Å². The van der Waals surface area contributed by atoms with Gasteiger partial charge in [-0.3, -0.25) is 4.79 Å². The largest absolute Gasteiger partial charge is 0.366 e. The van der Waals surface area contributed by atoms with Crippen LogP contribution in [0.4, 0.5) is 4.39 Å². The molecule has 0 saturated carbocycles. The highest BCUT2D eigenvalue weighted by molar-refractivity contribution is 5.97. The van der Waals surface area contributed by atoms with Crippen molar-refractivity contribution in [3.05, 3.63) is 83.3 Å². The molecule has 0 aliphatic heterocycles. The molecule has 0 unspecified atom stereocenters. The number of aryl methyl sites for hydroxylation is 1. The number of nitrogens with zero attached hydrogens (tertiary/aromatic N) is 2. The number of benzene rings is 2. The van der Waals surface area contributed by atoms with E-state index < -0.39 is 5.91 Å². The molecule has 2 N–H and O–H groups in total. The van der Waals surface area contributed by atoms with Crippen LogP contribution in [0.15, 0.2) is 60.8 Å². The van der Waals surface area contributed by atoms with Crippen molar-refractivity contribution in [3.8, 4) is 22.4 Å². The summed E-state index contributed by atoms with van der Waals surface area (Å²) in [5, 5.41) is 4.56. The molecule has 2 aromatic heterocycles. The Morgan fingerprint density at radius 2 is 1.74 bits per heavy atom.